The predicted octanol–water partition coefficient (Wildman–Crippen LogP) is 2.75. The molecule has 1 aromatic rings. The van der Waals surface area contributed by atoms with Gasteiger partial charge in [-0.05, 0) is 18.8 Å². The second-order valence-corrected chi connectivity index (χ2v) is 8.78. The third-order valence-corrected chi connectivity index (χ3v) is 6.50. The number of aromatic hydroxyl groups is 3. The van der Waals surface area contributed by atoms with Crippen LogP contribution in [0.5, 0.6) is 17.2 Å². The van der Waals surface area contributed by atoms with Crippen molar-refractivity contribution in [1.82, 2.24) is 0 Å². The van der Waals surface area contributed by atoms with Gasteiger partial charge in [0.1, 0.15) is 5.75 Å². The molecule has 2 aliphatic rings. The van der Waals surface area contributed by atoms with Crippen LogP contribution in [0.2, 0.25) is 0 Å². The van der Waals surface area contributed by atoms with E-state index in [2.05, 4.69) is 0 Å². The zero-order valence-electron chi connectivity index (χ0n) is 15.8. The molecular formula is C20H26O6. The van der Waals surface area contributed by atoms with E-state index in [9.17, 15) is 30.0 Å². The number of phenols is 3. The standard InChI is InChI=1S/C20H26O6/c1-8(2)10-13(22)11-12(16(25)14(10)23)20(5)7-6-9(21)19(3,4)18(20)17(26)15(11)24/h8-9,18,21-23,25H,6-7H2,1-5H3/t9-,18-,20+/m0/s1. The van der Waals surface area contributed by atoms with E-state index in [1.165, 1.54) is 0 Å². The van der Waals surface area contributed by atoms with E-state index in [4.69, 9.17) is 0 Å². The van der Waals surface area contributed by atoms with Gasteiger partial charge in [-0.2, -0.15) is 0 Å². The molecule has 0 aromatic heterocycles. The van der Waals surface area contributed by atoms with Gasteiger partial charge in [-0.1, -0.05) is 34.6 Å². The Morgan fingerprint density at radius 2 is 1.58 bits per heavy atom. The van der Waals surface area contributed by atoms with Crippen molar-refractivity contribution in [2.24, 2.45) is 11.3 Å². The largest absolute Gasteiger partial charge is 0.507 e. The van der Waals surface area contributed by atoms with Crippen LogP contribution in [0.25, 0.3) is 0 Å². The molecule has 0 aliphatic heterocycles. The number of carbonyl (C=O) groups is 2. The van der Waals surface area contributed by atoms with Crippen molar-refractivity contribution in [3.05, 3.63) is 16.7 Å². The van der Waals surface area contributed by atoms with Crippen molar-refractivity contribution in [3.8, 4) is 17.2 Å². The molecule has 0 heterocycles. The third-order valence-electron chi connectivity index (χ3n) is 6.50. The molecule has 0 bridgehead atoms. The number of Topliss-reactive ketones (excluding diaryl/α,β-unsaturated/α-hetero) is 2. The van der Waals surface area contributed by atoms with Crippen LogP contribution in [0.3, 0.4) is 0 Å². The third kappa shape index (κ3) is 2.08. The molecule has 26 heavy (non-hydrogen) atoms. The quantitative estimate of drug-likeness (QED) is 0.347. The minimum Gasteiger partial charge on any atom is -0.507 e. The summed E-state index contributed by atoms with van der Waals surface area (Å²) >= 11 is 0. The molecule has 6 heteroatoms. The number of rotatable bonds is 1. The van der Waals surface area contributed by atoms with Gasteiger partial charge in [0.15, 0.2) is 11.5 Å². The molecule has 1 saturated carbocycles. The molecule has 3 rings (SSSR count). The Morgan fingerprint density at radius 3 is 2.12 bits per heavy atom. The van der Waals surface area contributed by atoms with Gasteiger partial charge in [0.05, 0.1) is 11.7 Å². The van der Waals surface area contributed by atoms with Gasteiger partial charge in [0.25, 0.3) is 0 Å². The van der Waals surface area contributed by atoms with E-state index in [1.807, 2.05) is 0 Å². The van der Waals surface area contributed by atoms with E-state index in [-0.39, 0.29) is 22.6 Å². The molecule has 1 fully saturated rings. The number of ketones is 2. The molecule has 0 amide bonds. The molecule has 0 radical (unpaired) electrons. The fourth-order valence-corrected chi connectivity index (χ4v) is 5.17. The minimum atomic E-state index is -0.975. The summed E-state index contributed by atoms with van der Waals surface area (Å²) in [7, 11) is 0. The summed E-state index contributed by atoms with van der Waals surface area (Å²) < 4.78 is 0. The van der Waals surface area contributed by atoms with Crippen molar-refractivity contribution in [1.29, 1.82) is 0 Å². The number of hydrogen-bond acceptors (Lipinski definition) is 6. The average molecular weight is 362 g/mol. The number of fused-ring (bicyclic) bond motifs is 3. The van der Waals surface area contributed by atoms with Crippen molar-refractivity contribution >= 4 is 11.6 Å². The number of aliphatic hydroxyl groups excluding tert-OH is 1. The Balaban J connectivity index is 2.42. The lowest BCUT2D eigenvalue weighted by molar-refractivity contribution is -0.137. The first kappa shape index (κ1) is 18.7. The monoisotopic (exact) mass is 362 g/mol. The number of hydrogen-bond donors (Lipinski definition) is 4. The van der Waals surface area contributed by atoms with E-state index in [0.717, 1.165) is 0 Å². The van der Waals surface area contributed by atoms with Crippen molar-refractivity contribution in [3.63, 3.8) is 0 Å². The van der Waals surface area contributed by atoms with Crippen LogP contribution >= 0.6 is 0 Å². The lowest BCUT2D eigenvalue weighted by Gasteiger charge is -2.54. The molecule has 6 nitrogen and oxygen atoms in total. The number of carbonyl (C=O) groups excluding carboxylic acids is 2. The Morgan fingerprint density at radius 1 is 1.00 bits per heavy atom. The number of aliphatic hydroxyl groups is 1. The van der Waals surface area contributed by atoms with E-state index < -0.39 is 51.7 Å². The summed E-state index contributed by atoms with van der Waals surface area (Å²) in [5, 5.41) is 42.3. The maximum Gasteiger partial charge on any atom is 0.233 e. The molecule has 0 unspecified atom stereocenters. The van der Waals surface area contributed by atoms with Crippen LogP contribution < -0.4 is 0 Å². The van der Waals surface area contributed by atoms with Crippen LogP contribution in [-0.4, -0.2) is 38.1 Å². The van der Waals surface area contributed by atoms with E-state index in [0.29, 0.717) is 12.8 Å². The van der Waals surface area contributed by atoms with Crippen LogP contribution in [-0.2, 0) is 10.2 Å². The first-order chi connectivity index (χ1) is 11.9. The Bertz CT molecular complexity index is 822. The normalized spacial score (nSPS) is 30.3. The lowest BCUT2D eigenvalue weighted by atomic mass is 9.48. The summed E-state index contributed by atoms with van der Waals surface area (Å²) in [6.07, 6.45) is -0.0339. The van der Waals surface area contributed by atoms with Gasteiger partial charge in [0, 0.05) is 27.9 Å². The summed E-state index contributed by atoms with van der Waals surface area (Å²) in [6, 6.07) is 0. The van der Waals surface area contributed by atoms with Crippen LogP contribution in [0.1, 0.15) is 74.9 Å². The smallest absolute Gasteiger partial charge is 0.233 e. The van der Waals surface area contributed by atoms with Gasteiger partial charge in [-0.25, -0.2) is 0 Å². The van der Waals surface area contributed by atoms with Crippen LogP contribution in [0.15, 0.2) is 0 Å². The lowest BCUT2D eigenvalue weighted by Crippen LogP contribution is -2.59. The molecule has 0 saturated heterocycles. The van der Waals surface area contributed by atoms with E-state index in [1.54, 1.807) is 34.6 Å². The fourth-order valence-electron chi connectivity index (χ4n) is 5.17. The highest BCUT2D eigenvalue weighted by Crippen LogP contribution is 2.61. The maximum atomic E-state index is 13.0. The zero-order valence-corrected chi connectivity index (χ0v) is 15.8. The van der Waals surface area contributed by atoms with Gasteiger partial charge >= 0.3 is 0 Å². The second kappa shape index (κ2) is 5.46. The molecule has 4 N–H and O–H groups in total. The first-order valence-electron chi connectivity index (χ1n) is 8.95. The number of benzene rings is 1. The molecule has 1 aromatic carbocycles. The molecule has 3 atom stereocenters. The molecular weight excluding hydrogens is 336 g/mol. The average Bonchev–Trinajstić information content (AvgIpc) is 2.52. The highest BCUT2D eigenvalue weighted by molar-refractivity contribution is 6.47. The van der Waals surface area contributed by atoms with Gasteiger partial charge in [-0.15, -0.1) is 0 Å². The topological polar surface area (TPSA) is 115 Å². The Labute approximate surface area is 152 Å². The maximum absolute atomic E-state index is 13.0. The highest BCUT2D eigenvalue weighted by Gasteiger charge is 2.61. The number of phenolic OH excluding ortho intramolecular Hbond substituents is 3. The SMILES string of the molecule is CC(C)c1c(O)c(O)c2c(c1O)C(=O)C(=O)[C@H]1C(C)(C)[C@@H](O)CC[C@]21C. The minimum absolute atomic E-state index is 0.0551. The highest BCUT2D eigenvalue weighted by atomic mass is 16.3. The van der Waals surface area contributed by atoms with Crippen LogP contribution in [0.4, 0.5) is 0 Å². The summed E-state index contributed by atoms with van der Waals surface area (Å²) in [6.45, 7) is 8.63. The van der Waals surface area contributed by atoms with Gasteiger partial charge < -0.3 is 20.4 Å². The second-order valence-electron chi connectivity index (χ2n) is 8.78. The molecule has 0 spiro atoms. The first-order valence-corrected chi connectivity index (χ1v) is 8.95. The van der Waals surface area contributed by atoms with Crippen molar-refractivity contribution in [2.75, 3.05) is 0 Å². The zero-order chi connectivity index (χ0) is 19.8. The van der Waals surface area contributed by atoms with Crippen molar-refractivity contribution < 1.29 is 30.0 Å². The summed E-state index contributed by atoms with van der Waals surface area (Å²) in [5.74, 6) is -4.10. The Kier molecular flexibility index (Phi) is 3.93. The van der Waals surface area contributed by atoms with Gasteiger partial charge in [0.2, 0.25) is 11.6 Å². The van der Waals surface area contributed by atoms with Crippen LogP contribution in [0, 0.1) is 11.3 Å². The van der Waals surface area contributed by atoms with E-state index >= 15 is 0 Å². The molecule has 142 valence electrons. The Hall–Kier alpha value is -2.08. The fraction of sp³-hybridized carbons (Fsp3) is 0.600. The predicted molar refractivity (Wildman–Crippen MR) is 94.7 cm³/mol. The molecule has 2 aliphatic carbocycles. The van der Waals surface area contributed by atoms with Gasteiger partial charge in [-0.3, -0.25) is 9.59 Å². The van der Waals surface area contributed by atoms with Crippen molar-refractivity contribution in [2.45, 2.75) is 64.9 Å². The summed E-state index contributed by atoms with van der Waals surface area (Å²) in [4.78, 5) is 25.9. The summed E-state index contributed by atoms with van der Waals surface area (Å²) in [5.41, 5.74) is -1.89.